The fraction of sp³-hybridized carbons (Fsp3) is 0.500. The maximum absolute atomic E-state index is 13.6. The molecule has 2 rings (SSSR count). The van der Waals surface area contributed by atoms with Crippen LogP contribution < -0.4 is 5.32 Å². The van der Waals surface area contributed by atoms with Gasteiger partial charge in [-0.25, -0.2) is 4.39 Å². The van der Waals surface area contributed by atoms with Crippen molar-refractivity contribution in [1.29, 1.82) is 0 Å². The van der Waals surface area contributed by atoms with Gasteiger partial charge in [-0.2, -0.15) is 0 Å². The standard InChI is InChI=1S/C12H16FN/c1-8-6-9-11(10(13)7-8)14-5-4-12(9,2)3/h6-7,14H,4-5H2,1-3H3. The Morgan fingerprint density at radius 1 is 1.36 bits per heavy atom. The topological polar surface area (TPSA) is 12.0 Å². The van der Waals surface area contributed by atoms with E-state index in [0.717, 1.165) is 24.1 Å². The lowest BCUT2D eigenvalue weighted by Crippen LogP contribution is -2.29. The van der Waals surface area contributed by atoms with Crippen LogP contribution in [-0.2, 0) is 5.41 Å². The van der Waals surface area contributed by atoms with Gasteiger partial charge in [0.05, 0.1) is 5.69 Å². The molecule has 0 radical (unpaired) electrons. The molecule has 1 N–H and O–H groups in total. The van der Waals surface area contributed by atoms with Crippen molar-refractivity contribution in [2.24, 2.45) is 0 Å². The number of anilines is 1. The second-order valence-electron chi connectivity index (χ2n) is 4.73. The first kappa shape index (κ1) is 9.50. The Balaban J connectivity index is 2.63. The molecule has 1 aliphatic rings. The Morgan fingerprint density at radius 2 is 2.07 bits per heavy atom. The average Bonchev–Trinajstić information content (AvgIpc) is 2.06. The zero-order valence-electron chi connectivity index (χ0n) is 8.95. The summed E-state index contributed by atoms with van der Waals surface area (Å²) in [5.74, 6) is -0.118. The Bertz CT molecular complexity index is 369. The van der Waals surface area contributed by atoms with Gasteiger partial charge in [-0.1, -0.05) is 19.9 Å². The summed E-state index contributed by atoms with van der Waals surface area (Å²) >= 11 is 0. The van der Waals surface area contributed by atoms with Crippen LogP contribution in [0.15, 0.2) is 12.1 Å². The average molecular weight is 193 g/mol. The highest BCUT2D eigenvalue weighted by molar-refractivity contribution is 5.58. The summed E-state index contributed by atoms with van der Waals surface area (Å²) < 4.78 is 13.6. The first-order valence-corrected chi connectivity index (χ1v) is 5.05. The van der Waals surface area contributed by atoms with Crippen molar-refractivity contribution in [3.63, 3.8) is 0 Å². The van der Waals surface area contributed by atoms with Crippen LogP contribution in [-0.4, -0.2) is 6.54 Å². The molecule has 1 aromatic carbocycles. The molecular weight excluding hydrogens is 177 g/mol. The molecule has 0 aromatic heterocycles. The lowest BCUT2D eigenvalue weighted by atomic mass is 9.78. The summed E-state index contributed by atoms with van der Waals surface area (Å²) in [6, 6.07) is 3.68. The minimum Gasteiger partial charge on any atom is -0.382 e. The van der Waals surface area contributed by atoms with E-state index in [0.29, 0.717) is 5.69 Å². The maximum atomic E-state index is 13.6. The highest BCUT2D eigenvalue weighted by atomic mass is 19.1. The van der Waals surface area contributed by atoms with E-state index in [1.165, 1.54) is 0 Å². The van der Waals surface area contributed by atoms with Gasteiger partial charge in [0.15, 0.2) is 0 Å². The van der Waals surface area contributed by atoms with Crippen LogP contribution >= 0.6 is 0 Å². The Morgan fingerprint density at radius 3 is 2.79 bits per heavy atom. The minimum atomic E-state index is -0.118. The van der Waals surface area contributed by atoms with Gasteiger partial charge >= 0.3 is 0 Å². The van der Waals surface area contributed by atoms with E-state index in [2.05, 4.69) is 25.2 Å². The molecule has 1 aromatic rings. The van der Waals surface area contributed by atoms with Crippen molar-refractivity contribution >= 4 is 5.69 Å². The monoisotopic (exact) mass is 193 g/mol. The molecule has 0 bridgehead atoms. The molecule has 1 heterocycles. The Kier molecular flexibility index (Phi) is 2.02. The molecule has 76 valence electrons. The van der Waals surface area contributed by atoms with Crippen LogP contribution in [0.3, 0.4) is 0 Å². The molecule has 1 aliphatic heterocycles. The smallest absolute Gasteiger partial charge is 0.146 e. The summed E-state index contributed by atoms with van der Waals surface area (Å²) in [6.07, 6.45) is 1.06. The first-order chi connectivity index (χ1) is 6.50. The summed E-state index contributed by atoms with van der Waals surface area (Å²) in [5, 5.41) is 3.14. The molecular formula is C12H16FN. The van der Waals surface area contributed by atoms with Crippen LogP contribution in [0.1, 0.15) is 31.4 Å². The summed E-state index contributed by atoms with van der Waals surface area (Å²) in [7, 11) is 0. The highest BCUT2D eigenvalue weighted by Crippen LogP contribution is 2.38. The van der Waals surface area contributed by atoms with Crippen LogP contribution in [0.5, 0.6) is 0 Å². The molecule has 0 fully saturated rings. The van der Waals surface area contributed by atoms with E-state index in [9.17, 15) is 4.39 Å². The second-order valence-corrected chi connectivity index (χ2v) is 4.73. The number of halogens is 1. The molecule has 0 saturated heterocycles. The van der Waals surface area contributed by atoms with Crippen molar-refractivity contribution in [2.45, 2.75) is 32.6 Å². The third kappa shape index (κ3) is 1.39. The minimum absolute atomic E-state index is 0.0907. The number of benzene rings is 1. The Labute approximate surface area is 84.3 Å². The van der Waals surface area contributed by atoms with Crippen molar-refractivity contribution < 1.29 is 4.39 Å². The zero-order valence-corrected chi connectivity index (χ0v) is 8.95. The van der Waals surface area contributed by atoms with Gasteiger partial charge in [0.25, 0.3) is 0 Å². The van der Waals surface area contributed by atoms with Gasteiger partial charge in [0.1, 0.15) is 5.82 Å². The molecule has 0 atom stereocenters. The van der Waals surface area contributed by atoms with Gasteiger partial charge in [-0.3, -0.25) is 0 Å². The molecule has 2 heteroatoms. The lowest BCUT2D eigenvalue weighted by molar-refractivity contribution is 0.474. The van der Waals surface area contributed by atoms with Crippen LogP contribution in [0.2, 0.25) is 0 Å². The number of nitrogens with one attached hydrogen (secondary N) is 1. The second kappa shape index (κ2) is 2.97. The fourth-order valence-electron chi connectivity index (χ4n) is 2.09. The molecule has 0 spiro atoms. The van der Waals surface area contributed by atoms with Crippen molar-refractivity contribution in [2.75, 3.05) is 11.9 Å². The van der Waals surface area contributed by atoms with E-state index < -0.39 is 0 Å². The lowest BCUT2D eigenvalue weighted by Gasteiger charge is -2.33. The molecule has 0 amide bonds. The van der Waals surface area contributed by atoms with Crippen LogP contribution in [0.4, 0.5) is 10.1 Å². The summed E-state index contributed by atoms with van der Waals surface area (Å²) in [4.78, 5) is 0. The molecule has 0 unspecified atom stereocenters. The van der Waals surface area contributed by atoms with Crippen LogP contribution in [0, 0.1) is 12.7 Å². The van der Waals surface area contributed by atoms with Gasteiger partial charge < -0.3 is 5.32 Å². The number of hydrogen-bond donors (Lipinski definition) is 1. The van der Waals surface area contributed by atoms with Gasteiger partial charge in [-0.15, -0.1) is 0 Å². The number of rotatable bonds is 0. The highest BCUT2D eigenvalue weighted by Gasteiger charge is 2.29. The maximum Gasteiger partial charge on any atom is 0.146 e. The largest absolute Gasteiger partial charge is 0.382 e. The number of aryl methyl sites for hydroxylation is 1. The zero-order chi connectivity index (χ0) is 10.3. The molecule has 14 heavy (non-hydrogen) atoms. The fourth-order valence-corrected chi connectivity index (χ4v) is 2.09. The van der Waals surface area contributed by atoms with E-state index in [4.69, 9.17) is 0 Å². The van der Waals surface area contributed by atoms with Crippen molar-refractivity contribution in [3.05, 3.63) is 29.1 Å². The molecule has 0 saturated carbocycles. The first-order valence-electron chi connectivity index (χ1n) is 5.05. The molecule has 0 aliphatic carbocycles. The number of hydrogen-bond acceptors (Lipinski definition) is 1. The van der Waals surface area contributed by atoms with Gasteiger partial charge in [-0.05, 0) is 36.0 Å². The predicted molar refractivity (Wildman–Crippen MR) is 57.3 cm³/mol. The third-order valence-corrected chi connectivity index (χ3v) is 3.02. The third-order valence-electron chi connectivity index (χ3n) is 3.02. The van der Waals surface area contributed by atoms with E-state index in [1.807, 2.05) is 6.92 Å². The predicted octanol–water partition coefficient (Wildman–Crippen LogP) is 3.23. The molecule has 1 nitrogen and oxygen atoms in total. The van der Waals surface area contributed by atoms with Crippen molar-refractivity contribution in [1.82, 2.24) is 0 Å². The van der Waals surface area contributed by atoms with Gasteiger partial charge in [0.2, 0.25) is 0 Å². The SMILES string of the molecule is Cc1cc(F)c2c(c1)C(C)(C)CCN2. The van der Waals surface area contributed by atoms with E-state index >= 15 is 0 Å². The quantitative estimate of drug-likeness (QED) is 0.667. The Hall–Kier alpha value is -1.05. The van der Waals surface area contributed by atoms with Crippen molar-refractivity contribution in [3.8, 4) is 0 Å². The van der Waals surface area contributed by atoms with E-state index in [1.54, 1.807) is 6.07 Å². The summed E-state index contributed by atoms with van der Waals surface area (Å²) in [6.45, 7) is 7.14. The van der Waals surface area contributed by atoms with E-state index in [-0.39, 0.29) is 11.2 Å². The van der Waals surface area contributed by atoms with Gasteiger partial charge in [0, 0.05) is 6.54 Å². The van der Waals surface area contributed by atoms with Crippen LogP contribution in [0.25, 0.3) is 0 Å². The normalized spacial score (nSPS) is 18.6. The number of fused-ring (bicyclic) bond motifs is 1. The summed E-state index contributed by atoms with van der Waals surface area (Å²) in [5.41, 5.74) is 2.90.